The molecule has 0 bridgehead atoms. The summed E-state index contributed by atoms with van der Waals surface area (Å²) in [4.78, 5) is 27.5. The minimum Gasteiger partial charge on any atom is -0.354 e. The van der Waals surface area contributed by atoms with Gasteiger partial charge in [-0.3, -0.25) is 13.9 Å². The lowest BCUT2D eigenvalue weighted by molar-refractivity contribution is -0.139. The Kier molecular flexibility index (Phi) is 10.0. The highest BCUT2D eigenvalue weighted by atomic mass is 35.5. The first kappa shape index (κ1) is 30.4. The highest BCUT2D eigenvalue weighted by molar-refractivity contribution is 7.92. The number of hydrogen-bond donors (Lipinski definition) is 1. The number of halogens is 4. The largest absolute Gasteiger partial charge is 0.416 e. The molecular formula is C25H31ClF3N3O4S. The third-order valence-corrected chi connectivity index (χ3v) is 6.99. The number of anilines is 1. The number of sulfonamides is 1. The fraction of sp³-hybridized carbons (Fsp3) is 0.440. The SMILES string of the molecule is Cc1ccc(CN(C(=O)CN(c2cc(C(F)(F)F)ccc2Cl)S(C)(=O)=O)C(C)C(=O)NCC(C)C)cc1. The molecule has 0 aliphatic heterocycles. The van der Waals surface area contributed by atoms with E-state index in [2.05, 4.69) is 5.32 Å². The van der Waals surface area contributed by atoms with Crippen LogP contribution in [-0.4, -0.2) is 50.5 Å². The van der Waals surface area contributed by atoms with E-state index in [0.717, 1.165) is 24.0 Å². The number of carbonyl (C=O) groups is 2. The number of carbonyl (C=O) groups excluding carboxylic acids is 2. The van der Waals surface area contributed by atoms with Crippen molar-refractivity contribution < 1.29 is 31.2 Å². The van der Waals surface area contributed by atoms with E-state index < -0.39 is 51.9 Å². The van der Waals surface area contributed by atoms with Gasteiger partial charge in [0.05, 0.1) is 22.5 Å². The van der Waals surface area contributed by atoms with Crippen molar-refractivity contribution in [1.82, 2.24) is 10.2 Å². The lowest BCUT2D eigenvalue weighted by Gasteiger charge is -2.32. The van der Waals surface area contributed by atoms with Crippen LogP contribution in [0.15, 0.2) is 42.5 Å². The Morgan fingerprint density at radius 1 is 1.05 bits per heavy atom. The Morgan fingerprint density at radius 3 is 2.16 bits per heavy atom. The molecule has 1 N–H and O–H groups in total. The summed E-state index contributed by atoms with van der Waals surface area (Å²) < 4.78 is 65.7. The van der Waals surface area contributed by atoms with Gasteiger partial charge in [-0.05, 0) is 43.5 Å². The fourth-order valence-corrected chi connectivity index (χ4v) is 4.52. The zero-order chi connectivity index (χ0) is 28.1. The Hall–Kier alpha value is -2.79. The first-order valence-electron chi connectivity index (χ1n) is 11.5. The molecule has 0 aromatic heterocycles. The number of amides is 2. The maximum absolute atomic E-state index is 13.5. The lowest BCUT2D eigenvalue weighted by atomic mass is 10.1. The lowest BCUT2D eigenvalue weighted by Crippen LogP contribution is -2.51. The Morgan fingerprint density at radius 2 is 1.65 bits per heavy atom. The van der Waals surface area contributed by atoms with Crippen LogP contribution in [-0.2, 0) is 32.3 Å². The van der Waals surface area contributed by atoms with Crippen LogP contribution in [0.4, 0.5) is 18.9 Å². The summed E-state index contributed by atoms with van der Waals surface area (Å²) in [7, 11) is -4.24. The molecule has 0 saturated carbocycles. The predicted molar refractivity (Wildman–Crippen MR) is 138 cm³/mol. The molecule has 2 rings (SSSR count). The van der Waals surface area contributed by atoms with Crippen LogP contribution in [0, 0.1) is 12.8 Å². The molecule has 2 aromatic rings. The van der Waals surface area contributed by atoms with E-state index in [1.165, 1.54) is 11.8 Å². The molecular weight excluding hydrogens is 531 g/mol. The fourth-order valence-electron chi connectivity index (χ4n) is 3.40. The van der Waals surface area contributed by atoms with E-state index in [1.54, 1.807) is 12.1 Å². The van der Waals surface area contributed by atoms with E-state index in [0.29, 0.717) is 22.5 Å². The van der Waals surface area contributed by atoms with Gasteiger partial charge >= 0.3 is 6.18 Å². The number of alkyl halides is 3. The van der Waals surface area contributed by atoms with E-state index in [4.69, 9.17) is 11.6 Å². The molecule has 1 unspecified atom stereocenters. The summed E-state index contributed by atoms with van der Waals surface area (Å²) in [5.74, 6) is -1.08. The average molecular weight is 562 g/mol. The summed E-state index contributed by atoms with van der Waals surface area (Å²) in [5.41, 5.74) is 0.0581. The second kappa shape index (κ2) is 12.2. The maximum atomic E-state index is 13.5. The van der Waals surface area contributed by atoms with Gasteiger partial charge < -0.3 is 10.2 Å². The van der Waals surface area contributed by atoms with Gasteiger partial charge in [0, 0.05) is 13.1 Å². The van der Waals surface area contributed by atoms with Crippen molar-refractivity contribution in [3.8, 4) is 0 Å². The highest BCUT2D eigenvalue weighted by Gasteiger charge is 2.34. The highest BCUT2D eigenvalue weighted by Crippen LogP contribution is 2.36. The van der Waals surface area contributed by atoms with Crippen molar-refractivity contribution in [2.45, 2.75) is 46.5 Å². The second-order valence-electron chi connectivity index (χ2n) is 9.26. The van der Waals surface area contributed by atoms with Crippen molar-refractivity contribution in [2.24, 2.45) is 5.92 Å². The molecule has 0 aliphatic carbocycles. The van der Waals surface area contributed by atoms with Crippen molar-refractivity contribution >= 4 is 39.1 Å². The Balaban J connectivity index is 2.47. The van der Waals surface area contributed by atoms with E-state index in [-0.39, 0.29) is 17.5 Å². The van der Waals surface area contributed by atoms with Gasteiger partial charge in [-0.15, -0.1) is 0 Å². The number of nitrogens with zero attached hydrogens (tertiary/aromatic N) is 2. The first-order chi connectivity index (χ1) is 17.0. The molecule has 0 fully saturated rings. The molecule has 1 atom stereocenters. The molecule has 0 aliphatic rings. The second-order valence-corrected chi connectivity index (χ2v) is 11.6. The predicted octanol–water partition coefficient (Wildman–Crippen LogP) is 4.62. The molecule has 2 aromatic carbocycles. The molecule has 0 heterocycles. The number of benzene rings is 2. The van der Waals surface area contributed by atoms with Gasteiger partial charge in [-0.2, -0.15) is 13.2 Å². The van der Waals surface area contributed by atoms with Crippen LogP contribution in [0.25, 0.3) is 0 Å². The molecule has 0 spiro atoms. The van der Waals surface area contributed by atoms with Crippen molar-refractivity contribution in [1.29, 1.82) is 0 Å². The number of aryl methyl sites for hydroxylation is 1. The van der Waals surface area contributed by atoms with Crippen LogP contribution in [0.2, 0.25) is 5.02 Å². The summed E-state index contributed by atoms with van der Waals surface area (Å²) in [5, 5.41) is 2.47. The molecule has 12 heteroatoms. The smallest absolute Gasteiger partial charge is 0.354 e. The molecule has 0 radical (unpaired) electrons. The van der Waals surface area contributed by atoms with Gasteiger partial charge in [-0.1, -0.05) is 55.3 Å². The third kappa shape index (κ3) is 8.63. The number of hydrogen-bond acceptors (Lipinski definition) is 4. The minimum atomic E-state index is -4.76. The number of rotatable bonds is 10. The first-order valence-corrected chi connectivity index (χ1v) is 13.7. The molecule has 37 heavy (non-hydrogen) atoms. The van der Waals surface area contributed by atoms with Gasteiger partial charge in [0.15, 0.2) is 0 Å². The summed E-state index contributed by atoms with van der Waals surface area (Å²) in [6.07, 6.45) is -3.99. The van der Waals surface area contributed by atoms with Crippen LogP contribution in [0.5, 0.6) is 0 Å². The molecule has 2 amide bonds. The summed E-state index contributed by atoms with van der Waals surface area (Å²) in [6.45, 7) is 6.69. The topological polar surface area (TPSA) is 86.8 Å². The van der Waals surface area contributed by atoms with E-state index >= 15 is 0 Å². The summed E-state index contributed by atoms with van der Waals surface area (Å²) in [6, 6.07) is 8.43. The minimum absolute atomic E-state index is 0.0245. The Labute approximate surface area is 220 Å². The van der Waals surface area contributed by atoms with Crippen molar-refractivity contribution in [2.75, 3.05) is 23.7 Å². The Bertz CT molecular complexity index is 1220. The normalized spacial score (nSPS) is 12.8. The average Bonchev–Trinajstić information content (AvgIpc) is 2.79. The van der Waals surface area contributed by atoms with Crippen molar-refractivity contribution in [3.63, 3.8) is 0 Å². The summed E-state index contributed by atoms with van der Waals surface area (Å²) >= 11 is 6.08. The van der Waals surface area contributed by atoms with Crippen molar-refractivity contribution in [3.05, 3.63) is 64.2 Å². The molecule has 0 saturated heterocycles. The van der Waals surface area contributed by atoms with E-state index in [9.17, 15) is 31.2 Å². The zero-order valence-corrected chi connectivity index (χ0v) is 22.8. The van der Waals surface area contributed by atoms with E-state index in [1.807, 2.05) is 32.9 Å². The van der Waals surface area contributed by atoms with Crippen LogP contribution in [0.1, 0.15) is 37.5 Å². The third-order valence-electron chi connectivity index (χ3n) is 5.55. The van der Waals surface area contributed by atoms with Crippen LogP contribution >= 0.6 is 11.6 Å². The number of nitrogens with one attached hydrogen (secondary N) is 1. The molecule has 204 valence electrons. The van der Waals surface area contributed by atoms with Gasteiger partial charge in [0.1, 0.15) is 12.6 Å². The standard InChI is InChI=1S/C25H31ClF3N3O4S/c1-16(2)13-30-24(34)18(4)31(14-19-8-6-17(3)7-9-19)23(33)15-32(37(5,35)36)22-12-20(25(27,28)29)10-11-21(22)26/h6-12,16,18H,13-15H2,1-5H3,(H,30,34). The van der Waals surface area contributed by atoms with Gasteiger partial charge in [0.25, 0.3) is 0 Å². The zero-order valence-electron chi connectivity index (χ0n) is 21.3. The monoisotopic (exact) mass is 561 g/mol. The quantitative estimate of drug-likeness (QED) is 0.458. The van der Waals surface area contributed by atoms with Gasteiger partial charge in [0.2, 0.25) is 21.8 Å². The molecule has 7 nitrogen and oxygen atoms in total. The van der Waals surface area contributed by atoms with Gasteiger partial charge in [-0.25, -0.2) is 8.42 Å². The maximum Gasteiger partial charge on any atom is 0.416 e. The van der Waals surface area contributed by atoms with Crippen LogP contribution < -0.4 is 9.62 Å². The van der Waals surface area contributed by atoms with Crippen LogP contribution in [0.3, 0.4) is 0 Å².